The minimum atomic E-state index is 0.350. The van der Waals surface area contributed by atoms with Crippen molar-refractivity contribution in [3.63, 3.8) is 0 Å². The van der Waals surface area contributed by atoms with E-state index in [1.54, 1.807) is 0 Å². The predicted octanol–water partition coefficient (Wildman–Crippen LogP) is 2.62. The third kappa shape index (κ3) is 3.71. The molecule has 1 fully saturated rings. The van der Waals surface area contributed by atoms with Gasteiger partial charge in [-0.25, -0.2) is 0 Å². The smallest absolute Gasteiger partial charge is 0.0876 e. The van der Waals surface area contributed by atoms with Crippen LogP contribution in [0, 0.1) is 0 Å². The second-order valence-electron chi connectivity index (χ2n) is 5.00. The van der Waals surface area contributed by atoms with E-state index in [1.165, 1.54) is 24.8 Å². The normalized spacial score (nSPS) is 27.1. The molecule has 0 bridgehead atoms. The Morgan fingerprint density at radius 1 is 1.35 bits per heavy atom. The van der Waals surface area contributed by atoms with Crippen molar-refractivity contribution < 1.29 is 9.47 Å². The Morgan fingerprint density at radius 3 is 2.94 bits per heavy atom. The van der Waals surface area contributed by atoms with E-state index in [2.05, 4.69) is 12.2 Å². The van der Waals surface area contributed by atoms with Gasteiger partial charge in [0, 0.05) is 6.61 Å². The van der Waals surface area contributed by atoms with Gasteiger partial charge in [0.25, 0.3) is 0 Å². The number of rotatable bonds is 5. The monoisotopic (exact) mass is 239 g/mol. The largest absolute Gasteiger partial charge is 0.501 e. The first-order valence-corrected chi connectivity index (χ1v) is 7.07. The zero-order valence-corrected chi connectivity index (χ0v) is 10.9. The highest BCUT2D eigenvalue weighted by atomic mass is 16.5. The second kappa shape index (κ2) is 7.02. The van der Waals surface area contributed by atoms with Crippen molar-refractivity contribution in [2.75, 3.05) is 19.8 Å². The van der Waals surface area contributed by atoms with Crippen LogP contribution in [0.2, 0.25) is 0 Å². The molecule has 17 heavy (non-hydrogen) atoms. The van der Waals surface area contributed by atoms with Crippen LogP contribution in [0.25, 0.3) is 0 Å². The highest BCUT2D eigenvalue weighted by Gasteiger charge is 2.27. The molecule has 2 unspecified atom stereocenters. The van der Waals surface area contributed by atoms with Gasteiger partial charge in [-0.1, -0.05) is 6.92 Å². The SMILES string of the molecule is CCCNC(C1=COCCC1)C1CCCCO1. The first-order valence-electron chi connectivity index (χ1n) is 7.07. The molecule has 0 amide bonds. The molecule has 1 saturated heterocycles. The molecular weight excluding hydrogens is 214 g/mol. The van der Waals surface area contributed by atoms with Crippen molar-refractivity contribution >= 4 is 0 Å². The average Bonchev–Trinajstić information content (AvgIpc) is 2.42. The summed E-state index contributed by atoms with van der Waals surface area (Å²) in [7, 11) is 0. The Balaban J connectivity index is 1.97. The van der Waals surface area contributed by atoms with Gasteiger partial charge in [-0.3, -0.25) is 0 Å². The molecule has 2 rings (SSSR count). The molecular formula is C14H25NO2. The summed E-state index contributed by atoms with van der Waals surface area (Å²) in [6, 6.07) is 0.371. The molecule has 2 aliphatic heterocycles. The van der Waals surface area contributed by atoms with Gasteiger partial charge in [0.1, 0.15) is 0 Å². The first-order chi connectivity index (χ1) is 8.42. The number of ether oxygens (including phenoxy) is 2. The van der Waals surface area contributed by atoms with Crippen molar-refractivity contribution in [2.24, 2.45) is 0 Å². The molecule has 0 spiro atoms. The van der Waals surface area contributed by atoms with Crippen LogP contribution in [0.3, 0.4) is 0 Å². The number of hydrogen-bond acceptors (Lipinski definition) is 3. The van der Waals surface area contributed by atoms with E-state index in [0.717, 1.165) is 39.0 Å². The Hall–Kier alpha value is -0.540. The Kier molecular flexibility index (Phi) is 5.33. The molecule has 2 aliphatic rings. The van der Waals surface area contributed by atoms with E-state index in [-0.39, 0.29) is 0 Å². The molecule has 3 heteroatoms. The average molecular weight is 239 g/mol. The highest BCUT2D eigenvalue weighted by Crippen LogP contribution is 2.24. The van der Waals surface area contributed by atoms with Gasteiger partial charge in [-0.05, 0) is 50.6 Å². The summed E-state index contributed by atoms with van der Waals surface area (Å²) < 4.78 is 11.4. The summed E-state index contributed by atoms with van der Waals surface area (Å²) in [4.78, 5) is 0. The van der Waals surface area contributed by atoms with Gasteiger partial charge in [-0.2, -0.15) is 0 Å². The van der Waals surface area contributed by atoms with Crippen molar-refractivity contribution in [2.45, 2.75) is 57.6 Å². The van der Waals surface area contributed by atoms with E-state index in [1.807, 2.05) is 6.26 Å². The fourth-order valence-electron chi connectivity index (χ4n) is 2.64. The minimum Gasteiger partial charge on any atom is -0.501 e. The maximum absolute atomic E-state index is 5.93. The van der Waals surface area contributed by atoms with Crippen LogP contribution >= 0.6 is 0 Å². The fraction of sp³-hybridized carbons (Fsp3) is 0.857. The Bertz CT molecular complexity index is 247. The van der Waals surface area contributed by atoms with Gasteiger partial charge >= 0.3 is 0 Å². The van der Waals surface area contributed by atoms with E-state index >= 15 is 0 Å². The highest BCUT2D eigenvalue weighted by molar-refractivity contribution is 5.13. The zero-order chi connectivity index (χ0) is 11.9. The standard InChI is InChI=1S/C14H25NO2/c1-2-8-15-14(12-6-5-9-16-11-12)13-7-3-4-10-17-13/h11,13-15H,2-10H2,1H3. The lowest BCUT2D eigenvalue weighted by atomic mass is 9.93. The summed E-state index contributed by atoms with van der Waals surface area (Å²) in [5, 5.41) is 3.64. The topological polar surface area (TPSA) is 30.5 Å². The minimum absolute atomic E-state index is 0.350. The predicted molar refractivity (Wildman–Crippen MR) is 68.9 cm³/mol. The quantitative estimate of drug-likeness (QED) is 0.800. The Morgan fingerprint density at radius 2 is 2.29 bits per heavy atom. The van der Waals surface area contributed by atoms with E-state index < -0.39 is 0 Å². The molecule has 0 aromatic carbocycles. The van der Waals surface area contributed by atoms with E-state index in [0.29, 0.717) is 12.1 Å². The summed E-state index contributed by atoms with van der Waals surface area (Å²) in [6.45, 7) is 5.05. The van der Waals surface area contributed by atoms with Gasteiger partial charge in [0.05, 0.1) is 25.0 Å². The summed E-state index contributed by atoms with van der Waals surface area (Å²) in [5.74, 6) is 0. The molecule has 0 aromatic rings. The van der Waals surface area contributed by atoms with E-state index in [4.69, 9.17) is 9.47 Å². The molecule has 0 radical (unpaired) electrons. The van der Waals surface area contributed by atoms with Crippen LogP contribution in [0.4, 0.5) is 0 Å². The Labute approximate surface area is 105 Å². The van der Waals surface area contributed by atoms with Crippen LogP contribution in [-0.4, -0.2) is 31.9 Å². The molecule has 2 atom stereocenters. The summed E-state index contributed by atoms with van der Waals surface area (Å²) >= 11 is 0. The second-order valence-corrected chi connectivity index (χ2v) is 5.00. The third-order valence-corrected chi connectivity index (χ3v) is 3.56. The molecule has 1 N–H and O–H groups in total. The maximum atomic E-state index is 5.93. The lowest BCUT2D eigenvalue weighted by molar-refractivity contribution is -0.00210. The number of hydrogen-bond donors (Lipinski definition) is 1. The zero-order valence-electron chi connectivity index (χ0n) is 10.9. The maximum Gasteiger partial charge on any atom is 0.0876 e. The van der Waals surface area contributed by atoms with Crippen LogP contribution in [0.15, 0.2) is 11.8 Å². The molecule has 0 saturated carbocycles. The fourth-order valence-corrected chi connectivity index (χ4v) is 2.64. The molecule has 3 nitrogen and oxygen atoms in total. The van der Waals surface area contributed by atoms with Crippen LogP contribution in [0.5, 0.6) is 0 Å². The van der Waals surface area contributed by atoms with Gasteiger partial charge in [0.15, 0.2) is 0 Å². The molecule has 98 valence electrons. The van der Waals surface area contributed by atoms with Gasteiger partial charge < -0.3 is 14.8 Å². The molecule has 0 aromatic heterocycles. The lowest BCUT2D eigenvalue weighted by Gasteiger charge is -2.33. The van der Waals surface area contributed by atoms with Crippen molar-refractivity contribution in [3.8, 4) is 0 Å². The summed E-state index contributed by atoms with van der Waals surface area (Å²) in [6.07, 6.45) is 9.47. The van der Waals surface area contributed by atoms with Crippen molar-refractivity contribution in [1.29, 1.82) is 0 Å². The number of nitrogens with one attached hydrogen (secondary N) is 1. The van der Waals surface area contributed by atoms with Gasteiger partial charge in [0.2, 0.25) is 0 Å². The molecule has 0 aliphatic carbocycles. The van der Waals surface area contributed by atoms with Crippen LogP contribution in [-0.2, 0) is 9.47 Å². The third-order valence-electron chi connectivity index (χ3n) is 3.56. The van der Waals surface area contributed by atoms with Crippen LogP contribution < -0.4 is 5.32 Å². The van der Waals surface area contributed by atoms with Crippen LogP contribution in [0.1, 0.15) is 45.4 Å². The summed E-state index contributed by atoms with van der Waals surface area (Å²) in [5.41, 5.74) is 1.40. The molecule has 2 heterocycles. The van der Waals surface area contributed by atoms with Crippen molar-refractivity contribution in [1.82, 2.24) is 5.32 Å². The van der Waals surface area contributed by atoms with Crippen molar-refractivity contribution in [3.05, 3.63) is 11.8 Å². The van der Waals surface area contributed by atoms with Gasteiger partial charge in [-0.15, -0.1) is 0 Å². The lowest BCUT2D eigenvalue weighted by Crippen LogP contribution is -2.45. The van der Waals surface area contributed by atoms with E-state index in [9.17, 15) is 0 Å². The first kappa shape index (κ1) is 12.9.